The fraction of sp³-hybridized carbons (Fsp3) is 0.304. The van der Waals surface area contributed by atoms with Gasteiger partial charge in [-0.1, -0.05) is 11.6 Å². The number of ketones is 1. The Morgan fingerprint density at radius 3 is 2.94 bits per heavy atom. The van der Waals surface area contributed by atoms with Gasteiger partial charge in [-0.05, 0) is 44.0 Å². The van der Waals surface area contributed by atoms with Gasteiger partial charge >= 0.3 is 0 Å². The second-order valence-corrected chi connectivity index (χ2v) is 9.28. The Bertz CT molecular complexity index is 1370. The van der Waals surface area contributed by atoms with Gasteiger partial charge in [-0.25, -0.2) is 9.97 Å². The van der Waals surface area contributed by atoms with Crippen LogP contribution in [0, 0.1) is 11.9 Å². The summed E-state index contributed by atoms with van der Waals surface area (Å²) < 4.78 is 21.5. The Morgan fingerprint density at radius 1 is 1.39 bits per heavy atom. The molecular formula is C23H21ClFN5O3. The summed E-state index contributed by atoms with van der Waals surface area (Å²) in [4.78, 5) is 22.3. The molecular weight excluding hydrogens is 449 g/mol. The highest BCUT2D eigenvalue weighted by Crippen LogP contribution is 2.33. The molecule has 0 bridgehead atoms. The second-order valence-electron chi connectivity index (χ2n) is 8.84. The lowest BCUT2D eigenvalue weighted by atomic mass is 9.90. The van der Waals surface area contributed by atoms with E-state index in [1.807, 2.05) is 6.07 Å². The third-order valence-electron chi connectivity index (χ3n) is 5.57. The van der Waals surface area contributed by atoms with E-state index < -0.39 is 17.5 Å². The molecule has 0 fully saturated rings. The van der Waals surface area contributed by atoms with E-state index in [0.29, 0.717) is 28.0 Å². The van der Waals surface area contributed by atoms with Crippen LogP contribution in [0.15, 0.2) is 36.8 Å². The number of rotatable bonds is 5. The molecule has 0 saturated heterocycles. The number of ether oxygens (including phenoxy) is 1. The molecule has 33 heavy (non-hydrogen) atoms. The number of nitrogens with zero attached hydrogens (tertiary/aromatic N) is 4. The first-order valence-corrected chi connectivity index (χ1v) is 10.8. The van der Waals surface area contributed by atoms with E-state index in [2.05, 4.69) is 20.2 Å². The third kappa shape index (κ3) is 4.09. The summed E-state index contributed by atoms with van der Waals surface area (Å²) >= 11 is 6.11. The number of fused-ring (bicyclic) bond motifs is 2. The van der Waals surface area contributed by atoms with Crippen molar-refractivity contribution in [2.24, 2.45) is 5.92 Å². The molecule has 0 radical (unpaired) electrons. The summed E-state index contributed by atoms with van der Waals surface area (Å²) in [5.41, 5.74) is 0.775. The molecule has 8 nitrogen and oxygen atoms in total. The van der Waals surface area contributed by atoms with Gasteiger partial charge in [-0.3, -0.25) is 9.89 Å². The van der Waals surface area contributed by atoms with E-state index in [0.717, 1.165) is 11.3 Å². The van der Waals surface area contributed by atoms with E-state index in [-0.39, 0.29) is 30.3 Å². The van der Waals surface area contributed by atoms with Crippen LogP contribution in [0.2, 0.25) is 5.02 Å². The monoisotopic (exact) mass is 469 g/mol. The lowest BCUT2D eigenvalue weighted by molar-refractivity contribution is 0.0624. The number of aliphatic hydroxyl groups is 1. The topological polar surface area (TPSA) is 106 Å². The molecule has 0 saturated carbocycles. The number of benzene rings is 1. The summed E-state index contributed by atoms with van der Waals surface area (Å²) in [6, 6.07) is 5.37. The first kappa shape index (κ1) is 21.5. The van der Waals surface area contributed by atoms with E-state index in [1.165, 1.54) is 12.4 Å². The minimum Gasteiger partial charge on any atom is -0.493 e. The largest absolute Gasteiger partial charge is 0.493 e. The number of halogens is 2. The number of carbonyl (C=O) groups excluding carboxylic acids is 1. The van der Waals surface area contributed by atoms with Crippen molar-refractivity contribution in [2.45, 2.75) is 32.4 Å². The Hall–Kier alpha value is -3.30. The Morgan fingerprint density at radius 2 is 2.21 bits per heavy atom. The summed E-state index contributed by atoms with van der Waals surface area (Å²) in [5.74, 6) is -0.326. The number of hydrogen-bond donors (Lipinski definition) is 2. The molecule has 1 aromatic carbocycles. The average molecular weight is 470 g/mol. The van der Waals surface area contributed by atoms with E-state index in [4.69, 9.17) is 16.3 Å². The molecule has 4 heterocycles. The normalized spacial score (nSPS) is 16.0. The standard InChI is InChI=1S/C23H21ClFN5O3/c1-23(2,32)11-30-9-17(15-7-26-21(28-22(15)30)16-8-27-29-20(16)25)19(31)13-5-12-6-14(24)3-4-18(12)33-10-13/h3-4,6-9,13,32H,5,10-11H2,1-2H3,(H,27,29)/t13-/m0/s1. The maximum atomic E-state index is 14.0. The van der Waals surface area contributed by atoms with Gasteiger partial charge in [0.1, 0.15) is 11.4 Å². The first-order chi connectivity index (χ1) is 15.7. The van der Waals surface area contributed by atoms with Crippen LogP contribution >= 0.6 is 11.6 Å². The highest BCUT2D eigenvalue weighted by Gasteiger charge is 2.30. The number of Topliss-reactive ketones (excluding diaryl/α,β-unsaturated/α-hetero) is 1. The zero-order chi connectivity index (χ0) is 23.3. The van der Waals surface area contributed by atoms with E-state index in [9.17, 15) is 14.3 Å². The quantitative estimate of drug-likeness (QED) is 0.430. The predicted octanol–water partition coefficient (Wildman–Crippen LogP) is 3.82. The molecule has 3 aromatic heterocycles. The molecule has 1 aliphatic heterocycles. The van der Waals surface area contributed by atoms with Crippen LogP contribution in [0.4, 0.5) is 4.39 Å². The van der Waals surface area contributed by atoms with Gasteiger partial charge in [0.2, 0.25) is 5.95 Å². The van der Waals surface area contributed by atoms with Crippen molar-refractivity contribution >= 4 is 28.4 Å². The van der Waals surface area contributed by atoms with Crippen LogP contribution in [-0.2, 0) is 13.0 Å². The van der Waals surface area contributed by atoms with Crippen molar-refractivity contribution < 1.29 is 19.0 Å². The molecule has 0 unspecified atom stereocenters. The van der Waals surface area contributed by atoms with Gasteiger partial charge < -0.3 is 14.4 Å². The third-order valence-corrected chi connectivity index (χ3v) is 5.81. The Labute approximate surface area is 193 Å². The number of nitrogens with one attached hydrogen (secondary N) is 1. The van der Waals surface area contributed by atoms with E-state index in [1.54, 1.807) is 36.7 Å². The molecule has 5 rings (SSSR count). The SMILES string of the molecule is CC(C)(O)Cn1cc(C(=O)[C@@H]2COc3ccc(Cl)cc3C2)c2cnc(-c3cn[nH]c3F)nc21. The lowest BCUT2D eigenvalue weighted by Crippen LogP contribution is -2.28. The highest BCUT2D eigenvalue weighted by molar-refractivity contribution is 6.30. The predicted molar refractivity (Wildman–Crippen MR) is 120 cm³/mol. The lowest BCUT2D eigenvalue weighted by Gasteiger charge is -2.24. The van der Waals surface area contributed by atoms with Crippen molar-refractivity contribution in [3.05, 3.63) is 58.9 Å². The summed E-state index contributed by atoms with van der Waals surface area (Å²) in [6.07, 6.45) is 4.97. The van der Waals surface area contributed by atoms with Crippen LogP contribution in [-0.4, -0.2) is 47.8 Å². The van der Waals surface area contributed by atoms with Crippen LogP contribution in [0.3, 0.4) is 0 Å². The first-order valence-electron chi connectivity index (χ1n) is 10.4. The van der Waals surface area contributed by atoms with Crippen molar-refractivity contribution in [3.63, 3.8) is 0 Å². The van der Waals surface area contributed by atoms with Gasteiger partial charge in [0.15, 0.2) is 11.6 Å². The fourth-order valence-electron chi connectivity index (χ4n) is 4.11. The molecule has 1 aliphatic rings. The molecule has 2 N–H and O–H groups in total. The van der Waals surface area contributed by atoms with Crippen molar-refractivity contribution in [1.82, 2.24) is 24.7 Å². The summed E-state index contributed by atoms with van der Waals surface area (Å²) in [6.45, 7) is 3.74. The number of aromatic nitrogens is 5. The Balaban J connectivity index is 1.56. The number of H-pyrrole nitrogens is 1. The zero-order valence-corrected chi connectivity index (χ0v) is 18.7. The smallest absolute Gasteiger partial charge is 0.219 e. The van der Waals surface area contributed by atoms with Crippen LogP contribution in [0.5, 0.6) is 5.75 Å². The zero-order valence-electron chi connectivity index (χ0n) is 18.0. The van der Waals surface area contributed by atoms with Crippen LogP contribution in [0.1, 0.15) is 29.8 Å². The molecule has 170 valence electrons. The molecule has 0 spiro atoms. The van der Waals surface area contributed by atoms with Crippen molar-refractivity contribution in [1.29, 1.82) is 0 Å². The number of hydrogen-bond acceptors (Lipinski definition) is 6. The highest BCUT2D eigenvalue weighted by atomic mass is 35.5. The number of aromatic amines is 1. The molecule has 0 amide bonds. The maximum Gasteiger partial charge on any atom is 0.219 e. The van der Waals surface area contributed by atoms with Crippen molar-refractivity contribution in [3.8, 4) is 17.1 Å². The summed E-state index contributed by atoms with van der Waals surface area (Å²) in [5, 5.41) is 17.4. The molecule has 4 aromatic rings. The van der Waals surface area contributed by atoms with Gasteiger partial charge in [-0.15, -0.1) is 0 Å². The fourth-order valence-corrected chi connectivity index (χ4v) is 4.30. The second kappa shape index (κ2) is 7.93. The Kier molecular flexibility index (Phi) is 5.18. The van der Waals surface area contributed by atoms with Crippen LogP contribution in [0.25, 0.3) is 22.4 Å². The van der Waals surface area contributed by atoms with Gasteiger partial charge in [0.05, 0.1) is 36.4 Å². The van der Waals surface area contributed by atoms with Gasteiger partial charge in [0, 0.05) is 28.4 Å². The maximum absolute atomic E-state index is 14.0. The van der Waals surface area contributed by atoms with Crippen LogP contribution < -0.4 is 4.74 Å². The molecule has 0 aliphatic carbocycles. The summed E-state index contributed by atoms with van der Waals surface area (Å²) in [7, 11) is 0. The minimum absolute atomic E-state index is 0.119. The average Bonchev–Trinajstić information content (AvgIpc) is 3.34. The molecule has 10 heteroatoms. The van der Waals surface area contributed by atoms with E-state index >= 15 is 0 Å². The molecule has 1 atom stereocenters. The number of carbonyl (C=O) groups is 1. The minimum atomic E-state index is -1.07. The van der Waals surface area contributed by atoms with Gasteiger partial charge in [0.25, 0.3) is 0 Å². The van der Waals surface area contributed by atoms with Crippen molar-refractivity contribution in [2.75, 3.05) is 6.61 Å². The van der Waals surface area contributed by atoms with Gasteiger partial charge in [-0.2, -0.15) is 9.49 Å².